The second kappa shape index (κ2) is 5.51. The summed E-state index contributed by atoms with van der Waals surface area (Å²) in [6.07, 6.45) is 4.29. The van der Waals surface area contributed by atoms with Crippen molar-refractivity contribution in [2.45, 2.75) is 51.0 Å². The van der Waals surface area contributed by atoms with E-state index >= 15 is 0 Å². The molecule has 2 aromatic heterocycles. The number of nitrogens with zero attached hydrogens (tertiary/aromatic N) is 3. The number of aryl methyl sites for hydroxylation is 3. The van der Waals surface area contributed by atoms with Crippen LogP contribution in [0.5, 0.6) is 0 Å². The zero-order valence-electron chi connectivity index (χ0n) is 13.0. The lowest BCUT2D eigenvalue weighted by Crippen LogP contribution is -2.25. The van der Waals surface area contributed by atoms with Crippen LogP contribution in [0.15, 0.2) is 9.42 Å². The highest BCUT2D eigenvalue weighted by atomic mass is 32.2. The monoisotopic (exact) mass is 324 g/mol. The van der Waals surface area contributed by atoms with Crippen molar-refractivity contribution in [3.63, 3.8) is 0 Å². The highest BCUT2D eigenvalue weighted by molar-refractivity contribution is 7.89. The van der Waals surface area contributed by atoms with Gasteiger partial charge in [-0.1, -0.05) is 5.16 Å². The van der Waals surface area contributed by atoms with E-state index in [1.807, 2.05) is 11.6 Å². The topological polar surface area (TPSA) is 90.0 Å². The molecule has 0 fully saturated rings. The predicted octanol–water partition coefficient (Wildman–Crippen LogP) is 1.38. The largest absolute Gasteiger partial charge is 0.360 e. The molecule has 7 nitrogen and oxygen atoms in total. The van der Waals surface area contributed by atoms with E-state index in [9.17, 15) is 8.42 Å². The fraction of sp³-hybridized carbons (Fsp3) is 0.571. The number of rotatable bonds is 4. The van der Waals surface area contributed by atoms with E-state index in [1.165, 1.54) is 5.69 Å². The summed E-state index contributed by atoms with van der Waals surface area (Å²) in [5.74, 6) is 1.03. The van der Waals surface area contributed by atoms with Gasteiger partial charge in [-0.2, -0.15) is 0 Å². The van der Waals surface area contributed by atoms with Gasteiger partial charge in [0.15, 0.2) is 5.76 Å². The Hall–Kier alpha value is -1.67. The van der Waals surface area contributed by atoms with Gasteiger partial charge in [-0.3, -0.25) is 0 Å². The summed E-state index contributed by atoms with van der Waals surface area (Å²) >= 11 is 0. The summed E-state index contributed by atoms with van der Waals surface area (Å²) in [4.78, 5) is 4.69. The van der Waals surface area contributed by atoms with Crippen molar-refractivity contribution in [1.82, 2.24) is 19.4 Å². The van der Waals surface area contributed by atoms with Crippen LogP contribution in [-0.2, 0) is 36.5 Å². The maximum atomic E-state index is 12.4. The van der Waals surface area contributed by atoms with Gasteiger partial charge in [0, 0.05) is 12.7 Å². The molecule has 1 aliphatic carbocycles. The van der Waals surface area contributed by atoms with Crippen molar-refractivity contribution < 1.29 is 12.9 Å². The Morgan fingerprint density at radius 3 is 2.64 bits per heavy atom. The van der Waals surface area contributed by atoms with E-state index in [1.54, 1.807) is 13.8 Å². The maximum absolute atomic E-state index is 12.4. The lowest BCUT2D eigenvalue weighted by Gasteiger charge is -2.11. The third-order valence-electron chi connectivity index (χ3n) is 4.12. The van der Waals surface area contributed by atoms with E-state index in [4.69, 9.17) is 4.52 Å². The number of hydrogen-bond acceptors (Lipinski definition) is 5. The molecule has 0 aliphatic heterocycles. The number of imidazole rings is 1. The predicted molar refractivity (Wildman–Crippen MR) is 79.9 cm³/mol. The molecule has 0 unspecified atom stereocenters. The van der Waals surface area contributed by atoms with Gasteiger partial charge in [0.05, 0.1) is 12.2 Å². The highest BCUT2D eigenvalue weighted by Crippen LogP contribution is 2.22. The first-order valence-electron chi connectivity index (χ1n) is 7.36. The van der Waals surface area contributed by atoms with Crippen molar-refractivity contribution in [3.8, 4) is 0 Å². The molecule has 3 rings (SSSR count). The molecule has 0 atom stereocenters. The Labute approximate surface area is 129 Å². The van der Waals surface area contributed by atoms with Crippen molar-refractivity contribution in [2.75, 3.05) is 0 Å². The minimum Gasteiger partial charge on any atom is -0.360 e. The summed E-state index contributed by atoms with van der Waals surface area (Å²) in [6, 6.07) is 0. The van der Waals surface area contributed by atoms with Gasteiger partial charge in [-0.15, -0.1) is 0 Å². The Morgan fingerprint density at radius 1 is 1.27 bits per heavy atom. The molecule has 8 heteroatoms. The summed E-state index contributed by atoms with van der Waals surface area (Å²) in [5.41, 5.74) is 2.68. The SMILES string of the molecule is Cc1noc(C)c1S(=O)(=O)NCc1nc2c(n1C)CCCC2. The van der Waals surface area contributed by atoms with Crippen molar-refractivity contribution in [1.29, 1.82) is 0 Å². The zero-order chi connectivity index (χ0) is 15.9. The van der Waals surface area contributed by atoms with Crippen molar-refractivity contribution >= 4 is 10.0 Å². The molecule has 2 heterocycles. The minimum atomic E-state index is -3.65. The lowest BCUT2D eigenvalue weighted by molar-refractivity contribution is 0.390. The number of hydrogen-bond donors (Lipinski definition) is 1. The molecule has 1 N–H and O–H groups in total. The van der Waals surface area contributed by atoms with E-state index in [0.717, 1.165) is 37.2 Å². The number of sulfonamides is 1. The van der Waals surface area contributed by atoms with E-state index < -0.39 is 10.0 Å². The van der Waals surface area contributed by atoms with Gasteiger partial charge in [0.1, 0.15) is 16.4 Å². The maximum Gasteiger partial charge on any atom is 0.246 e. The van der Waals surface area contributed by atoms with Crippen LogP contribution in [0.4, 0.5) is 0 Å². The fourth-order valence-corrected chi connectivity index (χ4v) is 4.30. The first-order valence-corrected chi connectivity index (χ1v) is 8.84. The summed E-state index contributed by atoms with van der Waals surface area (Å²) in [5, 5.41) is 3.69. The van der Waals surface area contributed by atoms with Crippen LogP contribution in [0, 0.1) is 13.8 Å². The number of nitrogens with one attached hydrogen (secondary N) is 1. The van der Waals surface area contributed by atoms with Crippen LogP contribution in [0.3, 0.4) is 0 Å². The Balaban J connectivity index is 1.82. The van der Waals surface area contributed by atoms with Gasteiger partial charge < -0.3 is 9.09 Å². The molecule has 120 valence electrons. The molecular formula is C14H20N4O3S. The standard InChI is InChI=1S/C14H20N4O3S/c1-9-14(10(2)21-17-9)22(19,20)15-8-13-16-11-6-4-5-7-12(11)18(13)3/h15H,4-8H2,1-3H3. The fourth-order valence-electron chi connectivity index (χ4n) is 2.99. The molecule has 22 heavy (non-hydrogen) atoms. The molecular weight excluding hydrogens is 304 g/mol. The van der Waals surface area contributed by atoms with Gasteiger partial charge in [0.25, 0.3) is 0 Å². The number of aromatic nitrogens is 3. The van der Waals surface area contributed by atoms with E-state index in [0.29, 0.717) is 11.5 Å². The summed E-state index contributed by atoms with van der Waals surface area (Å²) < 4.78 is 34.4. The van der Waals surface area contributed by atoms with E-state index in [2.05, 4.69) is 14.9 Å². The quantitative estimate of drug-likeness (QED) is 0.917. The Morgan fingerprint density at radius 2 is 2.00 bits per heavy atom. The smallest absolute Gasteiger partial charge is 0.246 e. The lowest BCUT2D eigenvalue weighted by atomic mass is 10.0. The number of fused-ring (bicyclic) bond motifs is 1. The third kappa shape index (κ3) is 2.56. The average molecular weight is 324 g/mol. The molecule has 0 amide bonds. The molecule has 0 bridgehead atoms. The van der Waals surface area contributed by atoms with Gasteiger partial charge in [-0.25, -0.2) is 18.1 Å². The molecule has 0 aromatic carbocycles. The molecule has 0 saturated heterocycles. The highest BCUT2D eigenvalue weighted by Gasteiger charge is 2.25. The van der Waals surface area contributed by atoms with Crippen molar-refractivity contribution in [3.05, 3.63) is 28.7 Å². The van der Waals surface area contributed by atoms with E-state index in [-0.39, 0.29) is 11.4 Å². The van der Waals surface area contributed by atoms with Crippen molar-refractivity contribution in [2.24, 2.45) is 7.05 Å². The second-order valence-corrected chi connectivity index (χ2v) is 7.37. The van der Waals surface area contributed by atoms with Crippen LogP contribution in [0.1, 0.15) is 41.5 Å². The van der Waals surface area contributed by atoms with Crippen LogP contribution in [0.2, 0.25) is 0 Å². The molecule has 2 aromatic rings. The first kappa shape index (κ1) is 15.2. The molecule has 0 spiro atoms. The molecule has 0 radical (unpaired) electrons. The second-order valence-electron chi connectivity index (χ2n) is 5.67. The molecule has 1 aliphatic rings. The van der Waals surface area contributed by atoms with Gasteiger partial charge >= 0.3 is 0 Å². The summed E-state index contributed by atoms with van der Waals surface area (Å²) in [6.45, 7) is 3.37. The van der Waals surface area contributed by atoms with Crippen LogP contribution in [0.25, 0.3) is 0 Å². The van der Waals surface area contributed by atoms with Crippen LogP contribution in [-0.4, -0.2) is 23.1 Å². The zero-order valence-corrected chi connectivity index (χ0v) is 13.8. The van der Waals surface area contributed by atoms with Crippen LogP contribution < -0.4 is 4.72 Å². The summed E-state index contributed by atoms with van der Waals surface area (Å²) in [7, 11) is -1.71. The third-order valence-corrected chi connectivity index (χ3v) is 5.77. The first-order chi connectivity index (χ1) is 10.4. The van der Waals surface area contributed by atoms with Gasteiger partial charge in [-0.05, 0) is 39.5 Å². The average Bonchev–Trinajstić information content (AvgIpc) is 2.98. The molecule has 0 saturated carbocycles. The van der Waals surface area contributed by atoms with Crippen LogP contribution >= 0.6 is 0 Å². The normalized spacial score (nSPS) is 15.0. The minimum absolute atomic E-state index is 0.117. The Bertz CT molecular complexity index is 785. The Kier molecular flexibility index (Phi) is 3.82. The van der Waals surface area contributed by atoms with Gasteiger partial charge in [0.2, 0.25) is 10.0 Å².